The molecule has 1 fully saturated rings. The van der Waals surface area contributed by atoms with Crippen LogP contribution in [0.2, 0.25) is 0 Å². The number of unbranched alkanes of at least 4 members (excludes halogenated alkanes) is 1. The van der Waals surface area contributed by atoms with Crippen molar-refractivity contribution in [1.82, 2.24) is 25.4 Å². The zero-order valence-electron chi connectivity index (χ0n) is 18.3. The van der Waals surface area contributed by atoms with E-state index < -0.39 is 0 Å². The van der Waals surface area contributed by atoms with E-state index >= 15 is 0 Å². The lowest BCUT2D eigenvalue weighted by molar-refractivity contribution is 0.467. The minimum absolute atomic E-state index is 0.374. The van der Waals surface area contributed by atoms with Gasteiger partial charge >= 0.3 is 0 Å². The Hall–Kier alpha value is -2.57. The van der Waals surface area contributed by atoms with E-state index in [0.29, 0.717) is 12.6 Å². The second-order valence-electron chi connectivity index (χ2n) is 7.93. The zero-order chi connectivity index (χ0) is 20.6. The molecule has 0 spiro atoms. The van der Waals surface area contributed by atoms with E-state index in [-0.39, 0.29) is 0 Å². The van der Waals surface area contributed by atoms with Crippen LogP contribution in [0.15, 0.2) is 29.3 Å². The second-order valence-corrected chi connectivity index (χ2v) is 7.93. The molecule has 2 aromatic rings. The molecule has 2 heterocycles. The summed E-state index contributed by atoms with van der Waals surface area (Å²) in [5.41, 5.74) is 2.60. The van der Waals surface area contributed by atoms with Crippen LogP contribution in [0.3, 0.4) is 0 Å². The number of aromatic nitrogens is 3. The third-order valence-corrected chi connectivity index (χ3v) is 5.55. The summed E-state index contributed by atoms with van der Waals surface area (Å²) in [6.07, 6.45) is 4.62. The van der Waals surface area contributed by atoms with Crippen molar-refractivity contribution in [2.75, 3.05) is 24.5 Å². The highest BCUT2D eigenvalue weighted by Gasteiger charge is 2.21. The van der Waals surface area contributed by atoms with Gasteiger partial charge in [0, 0.05) is 38.4 Å². The Kier molecular flexibility index (Phi) is 7.49. The van der Waals surface area contributed by atoms with Gasteiger partial charge in [-0.2, -0.15) is 0 Å². The van der Waals surface area contributed by atoms with Crippen LogP contribution in [-0.4, -0.2) is 46.4 Å². The summed E-state index contributed by atoms with van der Waals surface area (Å²) in [4.78, 5) is 7.26. The van der Waals surface area contributed by atoms with E-state index in [1.165, 1.54) is 17.7 Å². The number of nitrogens with zero attached hydrogens (tertiary/aromatic N) is 5. The molecule has 0 bridgehead atoms. The number of aryl methyl sites for hydroxylation is 2. The van der Waals surface area contributed by atoms with Gasteiger partial charge in [0.1, 0.15) is 12.4 Å². The molecule has 158 valence electrons. The summed E-state index contributed by atoms with van der Waals surface area (Å²) in [6, 6.07) is 9.20. The number of aliphatic imine (C=N–C) groups is 1. The van der Waals surface area contributed by atoms with Gasteiger partial charge in [-0.3, -0.25) is 0 Å². The fourth-order valence-corrected chi connectivity index (χ4v) is 3.55. The van der Waals surface area contributed by atoms with Crippen LogP contribution in [0.5, 0.6) is 0 Å². The molecule has 1 atom stereocenters. The van der Waals surface area contributed by atoms with Gasteiger partial charge in [-0.1, -0.05) is 31.0 Å². The van der Waals surface area contributed by atoms with E-state index in [1.54, 1.807) is 0 Å². The van der Waals surface area contributed by atoms with E-state index in [1.807, 2.05) is 18.5 Å². The van der Waals surface area contributed by atoms with Crippen molar-refractivity contribution in [3.05, 3.63) is 41.5 Å². The Morgan fingerprint density at radius 1 is 1.21 bits per heavy atom. The first-order chi connectivity index (χ1) is 14.1. The summed E-state index contributed by atoms with van der Waals surface area (Å²) in [5, 5.41) is 15.5. The molecular formula is C22H35N7. The minimum Gasteiger partial charge on any atom is -0.369 e. The highest BCUT2D eigenvalue weighted by Crippen LogP contribution is 2.20. The molecule has 0 saturated carbocycles. The predicted octanol–water partition coefficient (Wildman–Crippen LogP) is 2.94. The number of nitrogens with one attached hydrogen (secondary N) is 2. The Balaban J connectivity index is 1.64. The molecule has 29 heavy (non-hydrogen) atoms. The molecule has 7 heteroatoms. The van der Waals surface area contributed by atoms with Gasteiger partial charge in [0.15, 0.2) is 11.8 Å². The molecule has 1 aliphatic heterocycles. The highest BCUT2D eigenvalue weighted by atomic mass is 15.3. The monoisotopic (exact) mass is 397 g/mol. The Morgan fingerprint density at radius 3 is 2.69 bits per heavy atom. The van der Waals surface area contributed by atoms with Crippen LogP contribution in [-0.2, 0) is 13.6 Å². The number of piperidine rings is 1. The number of benzene rings is 1. The topological polar surface area (TPSA) is 70.4 Å². The Bertz CT molecular complexity index is 794. The van der Waals surface area contributed by atoms with Gasteiger partial charge in [-0.15, -0.1) is 10.2 Å². The second kappa shape index (κ2) is 10.3. The van der Waals surface area contributed by atoms with Crippen molar-refractivity contribution in [3.8, 4) is 0 Å². The van der Waals surface area contributed by atoms with Crippen molar-refractivity contribution in [2.45, 2.75) is 59.0 Å². The van der Waals surface area contributed by atoms with Crippen molar-refractivity contribution in [2.24, 2.45) is 12.0 Å². The van der Waals surface area contributed by atoms with E-state index in [2.05, 4.69) is 63.8 Å². The number of rotatable bonds is 7. The average molecular weight is 398 g/mol. The summed E-state index contributed by atoms with van der Waals surface area (Å²) >= 11 is 0. The van der Waals surface area contributed by atoms with Gasteiger partial charge in [0.25, 0.3) is 0 Å². The van der Waals surface area contributed by atoms with Gasteiger partial charge in [0.2, 0.25) is 0 Å². The Labute approximate surface area is 174 Å². The lowest BCUT2D eigenvalue weighted by Crippen LogP contribution is -2.51. The van der Waals surface area contributed by atoms with Gasteiger partial charge in [0.05, 0.1) is 0 Å². The van der Waals surface area contributed by atoms with Crippen molar-refractivity contribution in [1.29, 1.82) is 0 Å². The minimum atomic E-state index is 0.374. The van der Waals surface area contributed by atoms with Crippen LogP contribution in [0.4, 0.5) is 5.69 Å². The van der Waals surface area contributed by atoms with Crippen LogP contribution in [0.1, 0.15) is 49.8 Å². The van der Waals surface area contributed by atoms with Crippen LogP contribution < -0.4 is 15.5 Å². The summed E-state index contributed by atoms with van der Waals surface area (Å²) < 4.78 is 1.99. The van der Waals surface area contributed by atoms with Gasteiger partial charge < -0.3 is 20.1 Å². The molecule has 0 radical (unpaired) electrons. The van der Waals surface area contributed by atoms with Gasteiger partial charge in [-0.05, 0) is 45.2 Å². The molecule has 1 aromatic heterocycles. The molecule has 1 saturated heterocycles. The SMILES string of the molecule is CCCCNC(=NCc1nnc(C)n1C)NC1CCCN(c2ccc(C)cc2)C1. The Morgan fingerprint density at radius 2 is 2.00 bits per heavy atom. The van der Waals surface area contributed by atoms with Crippen molar-refractivity contribution >= 4 is 11.6 Å². The third kappa shape index (κ3) is 5.95. The van der Waals surface area contributed by atoms with Gasteiger partial charge in [-0.25, -0.2) is 4.99 Å². The molecule has 0 amide bonds. The summed E-state index contributed by atoms with van der Waals surface area (Å²) in [7, 11) is 1.98. The lowest BCUT2D eigenvalue weighted by atomic mass is 10.0. The van der Waals surface area contributed by atoms with E-state index in [9.17, 15) is 0 Å². The number of hydrogen-bond acceptors (Lipinski definition) is 4. The molecule has 2 N–H and O–H groups in total. The van der Waals surface area contributed by atoms with Crippen LogP contribution in [0.25, 0.3) is 0 Å². The smallest absolute Gasteiger partial charge is 0.191 e. The molecular weight excluding hydrogens is 362 g/mol. The molecule has 7 nitrogen and oxygen atoms in total. The molecule has 1 unspecified atom stereocenters. The standard InChI is InChI=1S/C22H35N7/c1-5-6-13-23-22(24-15-21-27-26-18(3)28(21)4)25-19-8-7-14-29(16-19)20-11-9-17(2)10-12-20/h9-12,19H,5-8,13-16H2,1-4H3,(H2,23,24,25). The average Bonchev–Trinajstić information content (AvgIpc) is 3.05. The van der Waals surface area contributed by atoms with E-state index in [0.717, 1.165) is 56.5 Å². The maximum Gasteiger partial charge on any atom is 0.191 e. The summed E-state index contributed by atoms with van der Waals surface area (Å²) in [5.74, 6) is 2.66. The number of anilines is 1. The van der Waals surface area contributed by atoms with E-state index in [4.69, 9.17) is 4.99 Å². The molecule has 3 rings (SSSR count). The molecule has 0 aliphatic carbocycles. The first kappa shape index (κ1) is 21.1. The lowest BCUT2D eigenvalue weighted by Gasteiger charge is -2.35. The first-order valence-electron chi connectivity index (χ1n) is 10.8. The summed E-state index contributed by atoms with van der Waals surface area (Å²) in [6.45, 7) is 9.83. The van der Waals surface area contributed by atoms with Crippen LogP contribution >= 0.6 is 0 Å². The normalized spacial score (nSPS) is 17.4. The third-order valence-electron chi connectivity index (χ3n) is 5.55. The van der Waals surface area contributed by atoms with Crippen molar-refractivity contribution < 1.29 is 0 Å². The maximum atomic E-state index is 4.80. The fourth-order valence-electron chi connectivity index (χ4n) is 3.55. The largest absolute Gasteiger partial charge is 0.369 e. The highest BCUT2D eigenvalue weighted by molar-refractivity contribution is 5.80. The molecule has 1 aromatic carbocycles. The predicted molar refractivity (Wildman–Crippen MR) is 119 cm³/mol. The van der Waals surface area contributed by atoms with Crippen molar-refractivity contribution in [3.63, 3.8) is 0 Å². The molecule has 1 aliphatic rings. The number of guanidine groups is 1. The maximum absolute atomic E-state index is 4.80. The number of hydrogen-bond donors (Lipinski definition) is 2. The fraction of sp³-hybridized carbons (Fsp3) is 0.591. The quantitative estimate of drug-likeness (QED) is 0.427. The van der Waals surface area contributed by atoms with Crippen LogP contribution in [0, 0.1) is 13.8 Å². The zero-order valence-corrected chi connectivity index (χ0v) is 18.3. The first-order valence-corrected chi connectivity index (χ1v) is 10.8.